The second-order valence-corrected chi connectivity index (χ2v) is 5.97. The van der Waals surface area contributed by atoms with Gasteiger partial charge in [-0.2, -0.15) is 0 Å². The van der Waals surface area contributed by atoms with Crippen molar-refractivity contribution in [3.8, 4) is 11.5 Å². The second kappa shape index (κ2) is 9.96. The first-order valence-electron chi connectivity index (χ1n) is 8.57. The van der Waals surface area contributed by atoms with E-state index in [0.29, 0.717) is 11.5 Å². The van der Waals surface area contributed by atoms with Crippen LogP contribution in [0.25, 0.3) is 0 Å². The molecule has 0 radical (unpaired) electrons. The largest absolute Gasteiger partial charge is 0.497 e. The molecule has 0 saturated carbocycles. The van der Waals surface area contributed by atoms with Crippen molar-refractivity contribution in [1.29, 1.82) is 0 Å². The molecule has 3 amide bonds. The van der Waals surface area contributed by atoms with Gasteiger partial charge in [0.05, 0.1) is 26.7 Å². The van der Waals surface area contributed by atoms with E-state index < -0.39 is 17.9 Å². The summed E-state index contributed by atoms with van der Waals surface area (Å²) in [5.74, 6) is -0.336. The minimum atomic E-state index is -0.527. The van der Waals surface area contributed by atoms with Crippen LogP contribution in [-0.4, -0.2) is 31.9 Å². The van der Waals surface area contributed by atoms with Gasteiger partial charge >= 0.3 is 0 Å². The molecular formula is C20H23N3O5. The number of methoxy groups -OCH3 is 2. The van der Waals surface area contributed by atoms with E-state index >= 15 is 0 Å². The molecule has 0 aliphatic heterocycles. The van der Waals surface area contributed by atoms with Crippen LogP contribution in [0.15, 0.2) is 48.5 Å². The van der Waals surface area contributed by atoms with Crippen LogP contribution in [0.5, 0.6) is 11.5 Å². The summed E-state index contributed by atoms with van der Waals surface area (Å²) >= 11 is 0. The molecule has 2 rings (SSSR count). The van der Waals surface area contributed by atoms with Crippen LogP contribution in [0.3, 0.4) is 0 Å². The van der Waals surface area contributed by atoms with E-state index in [1.165, 1.54) is 33.3 Å². The van der Waals surface area contributed by atoms with Crippen LogP contribution >= 0.6 is 0 Å². The Bertz CT molecular complexity index is 817. The molecule has 0 aliphatic carbocycles. The van der Waals surface area contributed by atoms with Crippen molar-refractivity contribution in [2.45, 2.75) is 19.4 Å². The molecule has 8 nitrogen and oxygen atoms in total. The van der Waals surface area contributed by atoms with Crippen molar-refractivity contribution >= 4 is 17.7 Å². The molecule has 0 heterocycles. The number of hydrogen-bond donors (Lipinski definition) is 3. The Hall–Kier alpha value is -3.55. The quantitative estimate of drug-likeness (QED) is 0.630. The van der Waals surface area contributed by atoms with Gasteiger partial charge in [-0.25, -0.2) is 0 Å². The minimum absolute atomic E-state index is 0.0364. The molecule has 0 bridgehead atoms. The summed E-state index contributed by atoms with van der Waals surface area (Å²) < 4.78 is 10.2. The summed E-state index contributed by atoms with van der Waals surface area (Å²) in [5, 5.41) is 2.73. The first kappa shape index (κ1) is 20.8. The molecule has 2 aromatic carbocycles. The zero-order chi connectivity index (χ0) is 20.5. The fraction of sp³-hybridized carbons (Fsp3) is 0.250. The average Bonchev–Trinajstić information content (AvgIpc) is 2.71. The van der Waals surface area contributed by atoms with E-state index in [0.717, 1.165) is 5.56 Å². The number of hydrogen-bond acceptors (Lipinski definition) is 5. The third-order valence-corrected chi connectivity index (χ3v) is 3.90. The first-order valence-corrected chi connectivity index (χ1v) is 8.57. The summed E-state index contributed by atoms with van der Waals surface area (Å²) in [6.07, 6.45) is -0.0364. The predicted octanol–water partition coefficient (Wildman–Crippen LogP) is 1.73. The lowest BCUT2D eigenvalue weighted by Gasteiger charge is -2.18. The standard InChI is InChI=1S/C20H23N3O5/c1-13(24)21-18(14-7-5-4-6-8-14)12-19(25)22-23-20(26)15-9-16(27-2)11-17(10-15)28-3/h4-11,18H,12H2,1-3H3,(H,21,24)(H,22,25)(H,23,26)/t18-/m0/s1. The molecular weight excluding hydrogens is 362 g/mol. The van der Waals surface area contributed by atoms with Crippen LogP contribution in [0, 0.1) is 0 Å². The van der Waals surface area contributed by atoms with Crippen molar-refractivity contribution in [3.05, 3.63) is 59.7 Å². The molecule has 2 aromatic rings. The van der Waals surface area contributed by atoms with E-state index in [1.807, 2.05) is 30.3 Å². The Labute approximate surface area is 163 Å². The van der Waals surface area contributed by atoms with Gasteiger partial charge in [-0.15, -0.1) is 0 Å². The SMILES string of the molecule is COc1cc(OC)cc(C(=O)NNC(=O)C[C@H](NC(C)=O)c2ccccc2)c1. The zero-order valence-electron chi connectivity index (χ0n) is 15.9. The van der Waals surface area contributed by atoms with Gasteiger partial charge in [0.15, 0.2) is 0 Å². The van der Waals surface area contributed by atoms with Crippen molar-refractivity contribution in [1.82, 2.24) is 16.2 Å². The highest BCUT2D eigenvalue weighted by molar-refractivity contribution is 5.96. The number of carbonyl (C=O) groups excluding carboxylic acids is 3. The summed E-state index contributed by atoms with van der Waals surface area (Å²) in [4.78, 5) is 36.0. The lowest BCUT2D eigenvalue weighted by Crippen LogP contribution is -2.43. The number of rotatable bonds is 7. The molecule has 0 fully saturated rings. The second-order valence-electron chi connectivity index (χ2n) is 5.97. The maximum atomic E-state index is 12.3. The van der Waals surface area contributed by atoms with Crippen LogP contribution in [0.1, 0.15) is 35.3 Å². The molecule has 0 spiro atoms. The van der Waals surface area contributed by atoms with E-state index in [9.17, 15) is 14.4 Å². The van der Waals surface area contributed by atoms with Crippen LogP contribution in [0.2, 0.25) is 0 Å². The van der Waals surface area contributed by atoms with E-state index in [-0.39, 0.29) is 17.9 Å². The molecule has 1 atom stereocenters. The lowest BCUT2D eigenvalue weighted by molar-refractivity contribution is -0.123. The Balaban J connectivity index is 2.00. The third-order valence-electron chi connectivity index (χ3n) is 3.90. The molecule has 0 aromatic heterocycles. The normalized spacial score (nSPS) is 11.1. The van der Waals surface area contributed by atoms with Crippen LogP contribution in [0.4, 0.5) is 0 Å². The molecule has 8 heteroatoms. The number of ether oxygens (including phenoxy) is 2. The van der Waals surface area contributed by atoms with Crippen LogP contribution in [-0.2, 0) is 9.59 Å². The number of nitrogens with one attached hydrogen (secondary N) is 3. The van der Waals surface area contributed by atoms with Gasteiger partial charge in [0.1, 0.15) is 11.5 Å². The third kappa shape index (κ3) is 6.01. The molecule has 3 N–H and O–H groups in total. The van der Waals surface area contributed by atoms with E-state index in [2.05, 4.69) is 16.2 Å². The van der Waals surface area contributed by atoms with Crippen molar-refractivity contribution in [2.75, 3.05) is 14.2 Å². The Morgan fingerprint density at radius 1 is 0.929 bits per heavy atom. The van der Waals surface area contributed by atoms with Gasteiger partial charge in [0.25, 0.3) is 5.91 Å². The van der Waals surface area contributed by atoms with Crippen molar-refractivity contribution in [2.24, 2.45) is 0 Å². The van der Waals surface area contributed by atoms with Crippen LogP contribution < -0.4 is 25.6 Å². The topological polar surface area (TPSA) is 106 Å². The number of carbonyl (C=O) groups is 3. The van der Waals surface area contributed by atoms with Gasteiger partial charge < -0.3 is 14.8 Å². The number of benzene rings is 2. The van der Waals surface area contributed by atoms with Crippen molar-refractivity contribution in [3.63, 3.8) is 0 Å². The molecule has 28 heavy (non-hydrogen) atoms. The summed E-state index contributed by atoms with van der Waals surface area (Å²) in [5.41, 5.74) is 5.76. The summed E-state index contributed by atoms with van der Waals surface area (Å²) in [6, 6.07) is 13.3. The molecule has 0 unspecified atom stereocenters. The monoisotopic (exact) mass is 385 g/mol. The molecule has 0 saturated heterocycles. The van der Waals surface area contributed by atoms with Gasteiger partial charge in [-0.05, 0) is 17.7 Å². The fourth-order valence-electron chi connectivity index (χ4n) is 2.56. The Morgan fingerprint density at radius 3 is 2.07 bits per heavy atom. The van der Waals surface area contributed by atoms with Crippen molar-refractivity contribution < 1.29 is 23.9 Å². The zero-order valence-corrected chi connectivity index (χ0v) is 15.9. The predicted molar refractivity (Wildman–Crippen MR) is 103 cm³/mol. The molecule has 148 valence electrons. The Morgan fingerprint density at radius 2 is 1.54 bits per heavy atom. The van der Waals surface area contributed by atoms with Gasteiger partial charge in [0, 0.05) is 18.6 Å². The maximum absolute atomic E-state index is 12.3. The smallest absolute Gasteiger partial charge is 0.269 e. The molecule has 0 aliphatic rings. The highest BCUT2D eigenvalue weighted by Gasteiger charge is 2.18. The highest BCUT2D eigenvalue weighted by atomic mass is 16.5. The average molecular weight is 385 g/mol. The first-order chi connectivity index (χ1) is 13.4. The van der Waals surface area contributed by atoms with E-state index in [1.54, 1.807) is 6.07 Å². The van der Waals surface area contributed by atoms with Gasteiger partial charge in [0.2, 0.25) is 11.8 Å². The summed E-state index contributed by atoms with van der Waals surface area (Å²) in [6.45, 7) is 1.38. The lowest BCUT2D eigenvalue weighted by atomic mass is 10.0. The van der Waals surface area contributed by atoms with Gasteiger partial charge in [-0.1, -0.05) is 30.3 Å². The maximum Gasteiger partial charge on any atom is 0.269 e. The Kier molecular flexibility index (Phi) is 7.38. The van der Waals surface area contributed by atoms with E-state index in [4.69, 9.17) is 9.47 Å². The fourth-order valence-corrected chi connectivity index (χ4v) is 2.56. The number of amides is 3. The van der Waals surface area contributed by atoms with Gasteiger partial charge in [-0.3, -0.25) is 25.2 Å². The number of hydrazine groups is 1. The summed E-state index contributed by atoms with van der Waals surface area (Å²) in [7, 11) is 2.95. The highest BCUT2D eigenvalue weighted by Crippen LogP contribution is 2.22. The minimum Gasteiger partial charge on any atom is -0.497 e.